The Morgan fingerprint density at radius 1 is 0.886 bits per heavy atom. The Morgan fingerprint density at radius 3 is 1.77 bits per heavy atom. The molecule has 9 nitrogen and oxygen atoms in total. The molecule has 0 aliphatic carbocycles. The Hall–Kier alpha value is -4.14. The van der Waals surface area contributed by atoms with Crippen LogP contribution in [0.25, 0.3) is 0 Å². The summed E-state index contributed by atoms with van der Waals surface area (Å²) < 4.78 is 16.0. The van der Waals surface area contributed by atoms with Crippen molar-refractivity contribution in [3.63, 3.8) is 0 Å². The van der Waals surface area contributed by atoms with E-state index in [4.69, 9.17) is 14.2 Å². The van der Waals surface area contributed by atoms with Gasteiger partial charge in [-0.05, 0) is 57.5 Å². The number of carbonyl (C=O) groups excluding carboxylic acids is 2. The molecule has 2 aromatic rings. The largest absolute Gasteiger partial charge is 0.497 e. The number of nitro groups is 1. The van der Waals surface area contributed by atoms with Crippen molar-refractivity contribution < 1.29 is 28.7 Å². The van der Waals surface area contributed by atoms with Crippen LogP contribution < -0.4 is 9.64 Å². The Kier molecular flexibility index (Phi) is 7.91. The van der Waals surface area contributed by atoms with E-state index in [1.54, 1.807) is 64.0 Å². The lowest BCUT2D eigenvalue weighted by atomic mass is 9.79. The van der Waals surface area contributed by atoms with Crippen LogP contribution in [0.15, 0.2) is 71.1 Å². The van der Waals surface area contributed by atoms with Crippen molar-refractivity contribution in [2.75, 3.05) is 25.2 Å². The summed E-state index contributed by atoms with van der Waals surface area (Å²) in [7, 11) is 1.57. The summed E-state index contributed by atoms with van der Waals surface area (Å²) in [5.41, 5.74) is 2.81. The Morgan fingerprint density at radius 2 is 1.37 bits per heavy atom. The Balaban J connectivity index is 2.29. The van der Waals surface area contributed by atoms with Crippen molar-refractivity contribution in [2.24, 2.45) is 0 Å². The fourth-order valence-electron chi connectivity index (χ4n) is 4.24. The normalized spacial score (nSPS) is 14.1. The van der Waals surface area contributed by atoms with E-state index in [1.807, 2.05) is 12.1 Å². The lowest BCUT2D eigenvalue weighted by Crippen LogP contribution is -2.35. The molecule has 1 aliphatic heterocycles. The molecule has 0 N–H and O–H groups in total. The van der Waals surface area contributed by atoms with Gasteiger partial charge in [-0.15, -0.1) is 0 Å². The van der Waals surface area contributed by atoms with E-state index in [1.165, 1.54) is 12.1 Å². The number of rotatable bonds is 8. The summed E-state index contributed by atoms with van der Waals surface area (Å²) in [5, 5.41) is 11.2. The minimum absolute atomic E-state index is 0.0961. The number of esters is 2. The highest BCUT2D eigenvalue weighted by molar-refractivity contribution is 6.01. The third kappa shape index (κ3) is 5.03. The number of nitrogens with zero attached hydrogens (tertiary/aromatic N) is 2. The predicted octanol–water partition coefficient (Wildman–Crippen LogP) is 4.88. The van der Waals surface area contributed by atoms with Crippen LogP contribution in [0, 0.1) is 10.1 Å². The molecule has 1 aliphatic rings. The molecule has 0 saturated heterocycles. The molecule has 0 radical (unpaired) electrons. The highest BCUT2D eigenvalue weighted by Crippen LogP contribution is 2.45. The van der Waals surface area contributed by atoms with Crippen LogP contribution in [0.3, 0.4) is 0 Å². The van der Waals surface area contributed by atoms with Gasteiger partial charge in [0.25, 0.3) is 5.69 Å². The zero-order valence-corrected chi connectivity index (χ0v) is 20.4. The minimum atomic E-state index is -0.830. The van der Waals surface area contributed by atoms with Crippen LogP contribution in [-0.4, -0.2) is 37.2 Å². The van der Waals surface area contributed by atoms with E-state index in [2.05, 4.69) is 0 Å². The van der Waals surface area contributed by atoms with E-state index in [-0.39, 0.29) is 30.0 Å². The topological polar surface area (TPSA) is 108 Å². The van der Waals surface area contributed by atoms with Crippen molar-refractivity contribution in [3.05, 3.63) is 86.7 Å². The molecule has 184 valence electrons. The van der Waals surface area contributed by atoms with Crippen LogP contribution >= 0.6 is 0 Å². The second-order valence-corrected chi connectivity index (χ2v) is 7.75. The zero-order valence-electron chi connectivity index (χ0n) is 20.4. The Labute approximate surface area is 203 Å². The quantitative estimate of drug-likeness (QED) is 0.299. The van der Waals surface area contributed by atoms with Gasteiger partial charge in [-0.1, -0.05) is 12.1 Å². The molecule has 0 amide bonds. The second kappa shape index (κ2) is 10.9. The first kappa shape index (κ1) is 25.5. The monoisotopic (exact) mass is 480 g/mol. The van der Waals surface area contributed by atoms with Gasteiger partial charge in [0.05, 0.1) is 42.3 Å². The summed E-state index contributed by atoms with van der Waals surface area (Å²) in [6, 6.07) is 13.0. The summed E-state index contributed by atoms with van der Waals surface area (Å²) >= 11 is 0. The van der Waals surface area contributed by atoms with Crippen molar-refractivity contribution in [3.8, 4) is 5.75 Å². The van der Waals surface area contributed by atoms with Crippen LogP contribution in [-0.2, 0) is 19.1 Å². The van der Waals surface area contributed by atoms with E-state index in [0.29, 0.717) is 28.4 Å². The van der Waals surface area contributed by atoms with Crippen LogP contribution in [0.5, 0.6) is 5.75 Å². The number of benzene rings is 2. The molecule has 3 rings (SSSR count). The fraction of sp³-hybridized carbons (Fsp3) is 0.308. The molecule has 0 atom stereocenters. The van der Waals surface area contributed by atoms with E-state index in [0.717, 1.165) is 0 Å². The standard InChI is InChI=1S/C26H28N2O7/c1-6-34-25(29)22-16(3)27(19-12-14-21(33-5)15-13-19)17(4)23(26(30)35-7-2)24(22)18-8-10-20(11-9-18)28(31)32/h8-15,24H,6-7H2,1-5H3. The molecule has 0 spiro atoms. The average Bonchev–Trinajstić information content (AvgIpc) is 2.84. The second-order valence-electron chi connectivity index (χ2n) is 7.75. The van der Waals surface area contributed by atoms with Gasteiger partial charge in [0, 0.05) is 29.2 Å². The zero-order chi connectivity index (χ0) is 25.7. The summed E-state index contributed by atoms with van der Waals surface area (Å²) in [4.78, 5) is 39.0. The molecule has 0 fully saturated rings. The van der Waals surface area contributed by atoms with Crippen LogP contribution in [0.4, 0.5) is 11.4 Å². The van der Waals surface area contributed by atoms with E-state index < -0.39 is 22.8 Å². The molecule has 35 heavy (non-hydrogen) atoms. The van der Waals surface area contributed by atoms with Crippen LogP contribution in [0.2, 0.25) is 0 Å². The van der Waals surface area contributed by atoms with Crippen molar-refractivity contribution in [1.29, 1.82) is 0 Å². The number of allylic oxidation sites excluding steroid dienone is 2. The molecular weight excluding hydrogens is 452 g/mol. The SMILES string of the molecule is CCOC(=O)C1=C(C)N(c2ccc(OC)cc2)C(C)=C(C(=O)OCC)C1c1ccc([N+](=O)[O-])cc1. The lowest BCUT2D eigenvalue weighted by Gasteiger charge is -2.38. The first-order valence-corrected chi connectivity index (χ1v) is 11.2. The van der Waals surface area contributed by atoms with Gasteiger partial charge in [-0.2, -0.15) is 0 Å². The van der Waals surface area contributed by atoms with Gasteiger partial charge in [0.2, 0.25) is 0 Å². The van der Waals surface area contributed by atoms with Crippen molar-refractivity contribution in [2.45, 2.75) is 33.6 Å². The molecule has 2 aromatic carbocycles. The van der Waals surface area contributed by atoms with Gasteiger partial charge >= 0.3 is 11.9 Å². The molecular formula is C26H28N2O7. The van der Waals surface area contributed by atoms with Gasteiger partial charge in [0.15, 0.2) is 0 Å². The number of hydrogen-bond donors (Lipinski definition) is 0. The van der Waals surface area contributed by atoms with Crippen LogP contribution in [0.1, 0.15) is 39.2 Å². The number of ether oxygens (including phenoxy) is 3. The lowest BCUT2D eigenvalue weighted by molar-refractivity contribution is -0.384. The molecule has 0 unspecified atom stereocenters. The molecule has 0 aromatic heterocycles. The number of methoxy groups -OCH3 is 1. The number of non-ortho nitro benzene ring substituents is 1. The van der Waals surface area contributed by atoms with Gasteiger partial charge in [0.1, 0.15) is 5.75 Å². The highest BCUT2D eigenvalue weighted by Gasteiger charge is 2.41. The summed E-state index contributed by atoms with van der Waals surface area (Å²) in [6.07, 6.45) is 0. The first-order chi connectivity index (χ1) is 16.7. The summed E-state index contributed by atoms with van der Waals surface area (Å²) in [6.45, 7) is 7.24. The first-order valence-electron chi connectivity index (χ1n) is 11.2. The fourth-order valence-corrected chi connectivity index (χ4v) is 4.24. The van der Waals surface area contributed by atoms with E-state index in [9.17, 15) is 19.7 Å². The molecule has 9 heteroatoms. The highest BCUT2D eigenvalue weighted by atomic mass is 16.6. The van der Waals surface area contributed by atoms with Crippen molar-refractivity contribution >= 4 is 23.3 Å². The smallest absolute Gasteiger partial charge is 0.336 e. The maximum absolute atomic E-state index is 13.3. The third-order valence-corrected chi connectivity index (χ3v) is 5.79. The third-order valence-electron chi connectivity index (χ3n) is 5.79. The predicted molar refractivity (Wildman–Crippen MR) is 130 cm³/mol. The van der Waals surface area contributed by atoms with Gasteiger partial charge in [-0.3, -0.25) is 10.1 Å². The molecule has 0 saturated carbocycles. The number of hydrogen-bond acceptors (Lipinski definition) is 8. The number of anilines is 1. The maximum Gasteiger partial charge on any atom is 0.336 e. The van der Waals surface area contributed by atoms with Gasteiger partial charge in [-0.25, -0.2) is 9.59 Å². The molecule has 1 heterocycles. The summed E-state index contributed by atoms with van der Waals surface area (Å²) in [5.74, 6) is -1.33. The van der Waals surface area contributed by atoms with Crippen molar-refractivity contribution in [1.82, 2.24) is 0 Å². The Bertz CT molecular complexity index is 1140. The minimum Gasteiger partial charge on any atom is -0.497 e. The average molecular weight is 481 g/mol. The maximum atomic E-state index is 13.3. The number of nitro benzene ring substituents is 1. The number of carbonyl (C=O) groups is 2. The van der Waals surface area contributed by atoms with Gasteiger partial charge < -0.3 is 19.1 Å². The van der Waals surface area contributed by atoms with E-state index >= 15 is 0 Å². The molecule has 0 bridgehead atoms.